The molecule has 0 aromatic heterocycles. The van der Waals surface area contributed by atoms with E-state index in [2.05, 4.69) is 15.5 Å². The van der Waals surface area contributed by atoms with Gasteiger partial charge in [0.1, 0.15) is 0 Å². The molecule has 6 nitrogen and oxygen atoms in total. The summed E-state index contributed by atoms with van der Waals surface area (Å²) in [7, 11) is 3.17. The Kier molecular flexibility index (Phi) is 4.62. The number of hydrogen-bond acceptors (Lipinski definition) is 6. The summed E-state index contributed by atoms with van der Waals surface area (Å²) in [4.78, 5) is 11.0. The molecule has 106 valence electrons. The van der Waals surface area contributed by atoms with Crippen LogP contribution in [0.5, 0.6) is 11.5 Å². The van der Waals surface area contributed by atoms with Gasteiger partial charge in [0.2, 0.25) is 5.91 Å². The van der Waals surface area contributed by atoms with Crippen LogP contribution in [-0.2, 0) is 4.79 Å². The van der Waals surface area contributed by atoms with Gasteiger partial charge in [-0.25, -0.2) is 0 Å². The number of methoxy groups -OCH3 is 2. The molecule has 7 heteroatoms. The number of carbonyl (C=O) groups is 1. The molecule has 1 heterocycles. The van der Waals surface area contributed by atoms with Crippen molar-refractivity contribution in [3.8, 4) is 11.5 Å². The Morgan fingerprint density at radius 2 is 2.05 bits per heavy atom. The highest BCUT2D eigenvalue weighted by Gasteiger charge is 2.16. The predicted molar refractivity (Wildman–Crippen MR) is 79.8 cm³/mol. The first kappa shape index (κ1) is 14.4. The van der Waals surface area contributed by atoms with Crippen molar-refractivity contribution in [2.24, 2.45) is 10.2 Å². The lowest BCUT2D eigenvalue weighted by Crippen LogP contribution is -2.19. The van der Waals surface area contributed by atoms with Gasteiger partial charge in [0.05, 0.1) is 25.7 Å². The van der Waals surface area contributed by atoms with Crippen LogP contribution >= 0.6 is 11.8 Å². The second-order valence-electron chi connectivity index (χ2n) is 4.00. The van der Waals surface area contributed by atoms with E-state index in [0.717, 1.165) is 11.3 Å². The Balaban J connectivity index is 2.20. The predicted octanol–water partition coefficient (Wildman–Crippen LogP) is 1.65. The number of hydrogen-bond donors (Lipinski definition) is 1. The molecule has 1 aromatic rings. The number of carbonyl (C=O) groups excluding carboxylic acids is 1. The van der Waals surface area contributed by atoms with Crippen LogP contribution in [0, 0.1) is 0 Å². The Labute approximate surface area is 121 Å². The standard InChI is InChI=1S/C13H15N3O3S/c1-8(15-16-13-14-12(17)7-20-13)9-4-5-10(18-2)11(6-9)19-3/h4-6H,7H2,1-3H3,(H,14,16,17)/b15-8-. The molecular formula is C13H15N3O3S. The molecule has 0 bridgehead atoms. The van der Waals surface area contributed by atoms with Gasteiger partial charge in [-0.05, 0) is 25.1 Å². The fourth-order valence-electron chi connectivity index (χ4n) is 1.62. The van der Waals surface area contributed by atoms with E-state index in [1.54, 1.807) is 14.2 Å². The largest absolute Gasteiger partial charge is 0.493 e. The van der Waals surface area contributed by atoms with Crippen molar-refractivity contribution in [3.63, 3.8) is 0 Å². The Hall–Kier alpha value is -2.02. The normalized spacial score (nSPS) is 17.2. The maximum atomic E-state index is 11.0. The van der Waals surface area contributed by atoms with E-state index in [0.29, 0.717) is 22.4 Å². The molecule has 0 radical (unpaired) electrons. The van der Waals surface area contributed by atoms with Crippen LogP contribution in [-0.4, -0.2) is 36.8 Å². The molecule has 1 amide bonds. The van der Waals surface area contributed by atoms with Gasteiger partial charge >= 0.3 is 0 Å². The van der Waals surface area contributed by atoms with Crippen molar-refractivity contribution >= 4 is 28.5 Å². The Morgan fingerprint density at radius 1 is 1.30 bits per heavy atom. The van der Waals surface area contributed by atoms with Crippen LogP contribution in [0.25, 0.3) is 0 Å². The van der Waals surface area contributed by atoms with Crippen molar-refractivity contribution in [1.29, 1.82) is 0 Å². The summed E-state index contributed by atoms with van der Waals surface area (Å²) >= 11 is 1.34. The number of benzene rings is 1. The van der Waals surface area contributed by atoms with Gasteiger partial charge in [0.15, 0.2) is 16.7 Å². The van der Waals surface area contributed by atoms with Crippen LogP contribution in [0.1, 0.15) is 12.5 Å². The van der Waals surface area contributed by atoms with Gasteiger partial charge in [-0.2, -0.15) is 5.10 Å². The third-order valence-corrected chi connectivity index (χ3v) is 3.54. The minimum atomic E-state index is -0.0484. The minimum absolute atomic E-state index is 0.0484. The lowest BCUT2D eigenvalue weighted by Gasteiger charge is -2.08. The number of nitrogens with one attached hydrogen (secondary N) is 1. The number of thioether (sulfide) groups is 1. The minimum Gasteiger partial charge on any atom is -0.493 e. The van der Waals surface area contributed by atoms with E-state index in [-0.39, 0.29) is 5.91 Å². The van der Waals surface area contributed by atoms with Gasteiger partial charge in [0, 0.05) is 5.56 Å². The molecule has 1 aliphatic rings. The molecule has 0 unspecified atom stereocenters. The van der Waals surface area contributed by atoms with Gasteiger partial charge in [0.25, 0.3) is 0 Å². The van der Waals surface area contributed by atoms with E-state index in [1.165, 1.54) is 11.8 Å². The molecule has 1 saturated heterocycles. The van der Waals surface area contributed by atoms with Crippen molar-refractivity contribution in [3.05, 3.63) is 23.8 Å². The molecule has 1 N–H and O–H groups in total. The van der Waals surface area contributed by atoms with Crippen LogP contribution in [0.4, 0.5) is 0 Å². The molecule has 1 aromatic carbocycles. The van der Waals surface area contributed by atoms with Gasteiger partial charge < -0.3 is 14.8 Å². The van der Waals surface area contributed by atoms with Crippen LogP contribution in [0.15, 0.2) is 28.4 Å². The lowest BCUT2D eigenvalue weighted by atomic mass is 10.1. The van der Waals surface area contributed by atoms with Crippen LogP contribution in [0.3, 0.4) is 0 Å². The highest BCUT2D eigenvalue weighted by molar-refractivity contribution is 8.15. The van der Waals surface area contributed by atoms with E-state index in [1.807, 2.05) is 25.1 Å². The third kappa shape index (κ3) is 3.30. The molecule has 0 saturated carbocycles. The zero-order valence-corrected chi connectivity index (χ0v) is 12.3. The van der Waals surface area contributed by atoms with Gasteiger partial charge in [-0.1, -0.05) is 11.8 Å². The highest BCUT2D eigenvalue weighted by atomic mass is 32.2. The first-order valence-electron chi connectivity index (χ1n) is 5.91. The van der Waals surface area contributed by atoms with E-state index >= 15 is 0 Å². The Morgan fingerprint density at radius 3 is 2.65 bits per heavy atom. The Bertz CT molecular complexity index is 584. The summed E-state index contributed by atoms with van der Waals surface area (Å²) in [5.74, 6) is 1.64. The first-order chi connectivity index (χ1) is 9.63. The maximum Gasteiger partial charge on any atom is 0.236 e. The number of ether oxygens (including phenoxy) is 2. The van der Waals surface area contributed by atoms with Gasteiger partial charge in [-0.3, -0.25) is 4.79 Å². The molecule has 1 fully saturated rings. The van der Waals surface area contributed by atoms with Crippen molar-refractivity contribution in [2.75, 3.05) is 20.0 Å². The number of amidine groups is 1. The summed E-state index contributed by atoms with van der Waals surface area (Å²) in [6, 6.07) is 5.52. The van der Waals surface area contributed by atoms with Crippen molar-refractivity contribution < 1.29 is 14.3 Å². The number of nitrogens with zero attached hydrogens (tertiary/aromatic N) is 2. The summed E-state index contributed by atoms with van der Waals surface area (Å²) in [6.07, 6.45) is 0. The number of rotatable bonds is 4. The average molecular weight is 293 g/mol. The topological polar surface area (TPSA) is 72.3 Å². The molecule has 20 heavy (non-hydrogen) atoms. The lowest BCUT2D eigenvalue weighted by molar-refractivity contribution is -0.116. The monoisotopic (exact) mass is 293 g/mol. The third-order valence-electron chi connectivity index (χ3n) is 2.68. The molecule has 0 spiro atoms. The smallest absolute Gasteiger partial charge is 0.236 e. The summed E-state index contributed by atoms with van der Waals surface area (Å²) in [5, 5.41) is 11.3. The molecule has 0 aliphatic carbocycles. The van der Waals surface area contributed by atoms with Crippen LogP contribution in [0.2, 0.25) is 0 Å². The van der Waals surface area contributed by atoms with E-state index < -0.39 is 0 Å². The zero-order chi connectivity index (χ0) is 14.5. The van der Waals surface area contributed by atoms with E-state index in [9.17, 15) is 4.79 Å². The molecule has 0 atom stereocenters. The molecule has 2 rings (SSSR count). The quantitative estimate of drug-likeness (QED) is 0.676. The zero-order valence-electron chi connectivity index (χ0n) is 11.5. The first-order valence-corrected chi connectivity index (χ1v) is 6.90. The van der Waals surface area contributed by atoms with Crippen LogP contribution < -0.4 is 14.8 Å². The summed E-state index contributed by atoms with van der Waals surface area (Å²) < 4.78 is 10.4. The summed E-state index contributed by atoms with van der Waals surface area (Å²) in [6.45, 7) is 1.84. The fraction of sp³-hybridized carbons (Fsp3) is 0.308. The SMILES string of the molecule is COc1ccc(/C(C)=N\N=C2\NC(=O)CS2)cc1OC. The highest BCUT2D eigenvalue weighted by Crippen LogP contribution is 2.27. The molecule has 1 aliphatic heterocycles. The maximum absolute atomic E-state index is 11.0. The van der Waals surface area contributed by atoms with E-state index in [4.69, 9.17) is 9.47 Å². The van der Waals surface area contributed by atoms with Gasteiger partial charge in [-0.15, -0.1) is 5.10 Å². The number of amides is 1. The summed E-state index contributed by atoms with van der Waals surface area (Å²) in [5.41, 5.74) is 1.60. The average Bonchev–Trinajstić information content (AvgIpc) is 2.89. The fourth-order valence-corrected chi connectivity index (χ4v) is 2.24. The van der Waals surface area contributed by atoms with Crippen molar-refractivity contribution in [2.45, 2.75) is 6.92 Å². The second kappa shape index (κ2) is 6.42. The second-order valence-corrected chi connectivity index (χ2v) is 4.96. The van der Waals surface area contributed by atoms with Crippen molar-refractivity contribution in [1.82, 2.24) is 5.32 Å². The molecular weight excluding hydrogens is 278 g/mol.